The molecule has 0 spiro atoms. The predicted molar refractivity (Wildman–Crippen MR) is 73.3 cm³/mol. The van der Waals surface area contributed by atoms with Crippen molar-refractivity contribution in [1.82, 2.24) is 5.32 Å². The van der Waals surface area contributed by atoms with Crippen LogP contribution in [-0.2, 0) is 9.84 Å². The minimum atomic E-state index is -3.56. The summed E-state index contributed by atoms with van der Waals surface area (Å²) < 4.78 is 38.9. The Morgan fingerprint density at radius 3 is 2.63 bits per heavy atom. The third kappa shape index (κ3) is 2.41. The Bertz CT molecular complexity index is 557. The van der Waals surface area contributed by atoms with Crippen LogP contribution < -0.4 is 5.32 Å². The molecule has 0 aromatic heterocycles. The van der Waals surface area contributed by atoms with Crippen LogP contribution in [0, 0.1) is 5.82 Å². The van der Waals surface area contributed by atoms with E-state index in [1.165, 1.54) is 6.07 Å². The SMILES string of the molecule is CCCNC1c2cccc(F)c2S(=O)(=O)C1CCC. The molecular weight excluding hydrogens is 265 g/mol. The number of halogens is 1. The number of benzene rings is 1. The lowest BCUT2D eigenvalue weighted by molar-refractivity contribution is 0.480. The number of hydrogen-bond donors (Lipinski definition) is 1. The summed E-state index contributed by atoms with van der Waals surface area (Å²) in [6, 6.07) is 4.25. The summed E-state index contributed by atoms with van der Waals surface area (Å²) in [6.07, 6.45) is 2.24. The molecular formula is C14H20FNO2S. The van der Waals surface area contributed by atoms with E-state index in [1.54, 1.807) is 12.1 Å². The molecule has 3 nitrogen and oxygen atoms in total. The van der Waals surface area contributed by atoms with Crippen LogP contribution in [0.1, 0.15) is 44.7 Å². The highest BCUT2D eigenvalue weighted by molar-refractivity contribution is 7.92. The molecule has 2 unspecified atom stereocenters. The van der Waals surface area contributed by atoms with Gasteiger partial charge in [0, 0.05) is 0 Å². The normalized spacial score (nSPS) is 24.4. The molecule has 0 fully saturated rings. The standard InChI is InChI=1S/C14H20FNO2S/c1-3-6-12-13(16-9-4-2)10-7-5-8-11(15)14(10)19(12,17)18/h5,7-8,12-13,16H,3-4,6,9H2,1-2H3. The van der Waals surface area contributed by atoms with Crippen molar-refractivity contribution in [3.05, 3.63) is 29.6 Å². The molecule has 1 aromatic carbocycles. The van der Waals surface area contributed by atoms with Crippen LogP contribution in [0.5, 0.6) is 0 Å². The Morgan fingerprint density at radius 2 is 2.00 bits per heavy atom. The maximum Gasteiger partial charge on any atom is 0.186 e. The van der Waals surface area contributed by atoms with E-state index in [1.807, 2.05) is 13.8 Å². The molecule has 19 heavy (non-hydrogen) atoms. The predicted octanol–water partition coefficient (Wildman–Crippen LogP) is 2.82. The topological polar surface area (TPSA) is 46.2 Å². The second kappa shape index (κ2) is 5.59. The van der Waals surface area contributed by atoms with Gasteiger partial charge in [-0.25, -0.2) is 12.8 Å². The van der Waals surface area contributed by atoms with Gasteiger partial charge in [-0.2, -0.15) is 0 Å². The first-order valence-corrected chi connectivity index (χ1v) is 8.34. The summed E-state index contributed by atoms with van der Waals surface area (Å²) in [4.78, 5) is -0.0953. The molecule has 0 aliphatic carbocycles. The van der Waals surface area contributed by atoms with Gasteiger partial charge in [0.15, 0.2) is 9.84 Å². The molecule has 106 valence electrons. The molecule has 2 rings (SSSR count). The van der Waals surface area contributed by atoms with E-state index in [0.29, 0.717) is 12.0 Å². The van der Waals surface area contributed by atoms with Gasteiger partial charge in [0.25, 0.3) is 0 Å². The fourth-order valence-corrected chi connectivity index (χ4v) is 5.06. The first kappa shape index (κ1) is 14.5. The van der Waals surface area contributed by atoms with Gasteiger partial charge >= 0.3 is 0 Å². The van der Waals surface area contributed by atoms with Gasteiger partial charge < -0.3 is 5.32 Å². The quantitative estimate of drug-likeness (QED) is 0.905. The van der Waals surface area contributed by atoms with Crippen molar-refractivity contribution in [1.29, 1.82) is 0 Å². The Hall–Kier alpha value is -0.940. The van der Waals surface area contributed by atoms with Crippen molar-refractivity contribution in [3.8, 4) is 0 Å². The first-order valence-electron chi connectivity index (χ1n) is 6.79. The van der Waals surface area contributed by atoms with Crippen LogP contribution in [0.2, 0.25) is 0 Å². The van der Waals surface area contributed by atoms with E-state index in [0.717, 1.165) is 19.4 Å². The van der Waals surface area contributed by atoms with Gasteiger partial charge in [-0.05, 0) is 31.0 Å². The molecule has 0 saturated heterocycles. The second-order valence-electron chi connectivity index (χ2n) is 4.96. The van der Waals surface area contributed by atoms with Gasteiger partial charge in [0.2, 0.25) is 0 Å². The van der Waals surface area contributed by atoms with Crippen molar-refractivity contribution in [3.63, 3.8) is 0 Å². The molecule has 0 amide bonds. The maximum absolute atomic E-state index is 13.9. The van der Waals surface area contributed by atoms with Crippen molar-refractivity contribution >= 4 is 9.84 Å². The zero-order valence-corrected chi connectivity index (χ0v) is 12.1. The lowest BCUT2D eigenvalue weighted by atomic mass is 10.0. The Morgan fingerprint density at radius 1 is 1.26 bits per heavy atom. The zero-order valence-electron chi connectivity index (χ0n) is 11.3. The van der Waals surface area contributed by atoms with Gasteiger partial charge in [0.05, 0.1) is 11.3 Å². The summed E-state index contributed by atoms with van der Waals surface area (Å²) >= 11 is 0. The first-order chi connectivity index (χ1) is 9.04. The summed E-state index contributed by atoms with van der Waals surface area (Å²) in [5.41, 5.74) is 0.590. The monoisotopic (exact) mass is 285 g/mol. The minimum Gasteiger partial charge on any atom is -0.309 e. The molecule has 1 heterocycles. The Labute approximate surface area is 114 Å². The molecule has 0 bridgehead atoms. The summed E-state index contributed by atoms with van der Waals surface area (Å²) in [5, 5.41) is 2.71. The van der Waals surface area contributed by atoms with E-state index in [-0.39, 0.29) is 10.9 Å². The summed E-state index contributed by atoms with van der Waals surface area (Å²) in [5.74, 6) is -0.626. The van der Waals surface area contributed by atoms with E-state index in [4.69, 9.17) is 0 Å². The van der Waals surface area contributed by atoms with Crippen molar-refractivity contribution < 1.29 is 12.8 Å². The Kier molecular flexibility index (Phi) is 4.26. The van der Waals surface area contributed by atoms with E-state index < -0.39 is 20.9 Å². The smallest absolute Gasteiger partial charge is 0.186 e. The van der Waals surface area contributed by atoms with E-state index in [9.17, 15) is 12.8 Å². The molecule has 1 aliphatic rings. The fraction of sp³-hybridized carbons (Fsp3) is 0.571. The number of nitrogens with one attached hydrogen (secondary N) is 1. The number of rotatable bonds is 5. The number of hydrogen-bond acceptors (Lipinski definition) is 3. The van der Waals surface area contributed by atoms with Crippen LogP contribution in [-0.4, -0.2) is 20.2 Å². The molecule has 1 aliphatic heterocycles. The van der Waals surface area contributed by atoms with Crippen LogP contribution in [0.25, 0.3) is 0 Å². The molecule has 0 saturated carbocycles. The minimum absolute atomic E-state index is 0.0953. The highest BCUT2D eigenvalue weighted by Crippen LogP contribution is 2.42. The highest BCUT2D eigenvalue weighted by Gasteiger charge is 2.45. The number of fused-ring (bicyclic) bond motifs is 1. The van der Waals surface area contributed by atoms with Crippen LogP contribution in [0.4, 0.5) is 4.39 Å². The Balaban J connectivity index is 2.51. The number of sulfone groups is 1. The third-order valence-corrected chi connectivity index (χ3v) is 5.88. The van der Waals surface area contributed by atoms with Crippen molar-refractivity contribution in [2.75, 3.05) is 6.54 Å². The third-order valence-electron chi connectivity index (χ3n) is 3.57. The second-order valence-corrected chi connectivity index (χ2v) is 7.07. The molecule has 1 aromatic rings. The average Bonchev–Trinajstić information content (AvgIpc) is 2.58. The van der Waals surface area contributed by atoms with Gasteiger partial charge in [0.1, 0.15) is 10.7 Å². The van der Waals surface area contributed by atoms with Gasteiger partial charge in [-0.1, -0.05) is 32.4 Å². The van der Waals surface area contributed by atoms with Crippen LogP contribution in [0.15, 0.2) is 23.1 Å². The van der Waals surface area contributed by atoms with Crippen LogP contribution >= 0.6 is 0 Å². The summed E-state index contributed by atoms with van der Waals surface area (Å²) in [6.45, 7) is 4.71. The van der Waals surface area contributed by atoms with E-state index in [2.05, 4.69) is 5.32 Å². The highest BCUT2D eigenvalue weighted by atomic mass is 32.2. The molecule has 0 radical (unpaired) electrons. The van der Waals surface area contributed by atoms with Gasteiger partial charge in [-0.3, -0.25) is 0 Å². The van der Waals surface area contributed by atoms with Crippen molar-refractivity contribution in [2.24, 2.45) is 0 Å². The lowest BCUT2D eigenvalue weighted by Crippen LogP contribution is -2.32. The largest absolute Gasteiger partial charge is 0.309 e. The summed E-state index contributed by atoms with van der Waals surface area (Å²) in [7, 11) is -3.56. The molecule has 2 atom stereocenters. The fourth-order valence-electron chi connectivity index (χ4n) is 2.75. The van der Waals surface area contributed by atoms with E-state index >= 15 is 0 Å². The van der Waals surface area contributed by atoms with Crippen LogP contribution in [0.3, 0.4) is 0 Å². The van der Waals surface area contributed by atoms with Crippen molar-refractivity contribution in [2.45, 2.75) is 49.3 Å². The zero-order chi connectivity index (χ0) is 14.0. The molecule has 1 N–H and O–H groups in total. The average molecular weight is 285 g/mol. The van der Waals surface area contributed by atoms with Gasteiger partial charge in [-0.15, -0.1) is 0 Å². The lowest BCUT2D eigenvalue weighted by Gasteiger charge is -2.20. The maximum atomic E-state index is 13.9. The molecule has 5 heteroatoms.